The van der Waals surface area contributed by atoms with Crippen LogP contribution in [0.25, 0.3) is 0 Å². The molecule has 0 aromatic carbocycles. The van der Waals surface area contributed by atoms with Crippen molar-refractivity contribution in [3.8, 4) is 0 Å². The lowest BCUT2D eigenvalue weighted by atomic mass is 9.94. The van der Waals surface area contributed by atoms with E-state index in [-0.39, 0.29) is 11.6 Å². The van der Waals surface area contributed by atoms with Gasteiger partial charge in [-0.25, -0.2) is 0 Å². The van der Waals surface area contributed by atoms with Gasteiger partial charge >= 0.3 is 0 Å². The van der Waals surface area contributed by atoms with E-state index in [0.29, 0.717) is 0 Å². The van der Waals surface area contributed by atoms with Crippen molar-refractivity contribution in [1.29, 1.82) is 0 Å². The molecule has 2 rings (SSSR count). The summed E-state index contributed by atoms with van der Waals surface area (Å²) in [6, 6.07) is 0. The van der Waals surface area contributed by atoms with Crippen LogP contribution in [0.4, 0.5) is 0 Å². The zero-order chi connectivity index (χ0) is 12.6. The Kier molecular flexibility index (Phi) is 7.98. The molecule has 2 unspecified atom stereocenters. The highest BCUT2D eigenvalue weighted by molar-refractivity contribution is 5.03. The summed E-state index contributed by atoms with van der Waals surface area (Å²) in [5.41, 5.74) is 0.189. The molecule has 2 saturated heterocycles. The average Bonchev–Trinajstić information content (AvgIpc) is 2.80. The first kappa shape index (κ1) is 15.9. The second-order valence-corrected chi connectivity index (χ2v) is 4.06. The predicted molar refractivity (Wildman–Crippen MR) is 68.7 cm³/mol. The third-order valence-corrected chi connectivity index (χ3v) is 3.20. The van der Waals surface area contributed by atoms with Crippen LogP contribution >= 0.6 is 0 Å². The topological polar surface area (TPSA) is 32.7 Å². The van der Waals surface area contributed by atoms with Crippen LogP contribution < -0.4 is 0 Å². The largest absolute Gasteiger partial charge is 0.392 e. The number of rotatable bonds is 2. The fourth-order valence-electron chi connectivity index (χ4n) is 2.76. The maximum absolute atomic E-state index is 9.53. The van der Waals surface area contributed by atoms with Gasteiger partial charge in [-0.05, 0) is 25.8 Å². The van der Waals surface area contributed by atoms with E-state index >= 15 is 0 Å². The molecule has 3 nitrogen and oxygen atoms in total. The maximum Gasteiger partial charge on any atom is 0.0685 e. The first-order valence-corrected chi connectivity index (χ1v) is 6.69. The van der Waals surface area contributed by atoms with Gasteiger partial charge in [-0.15, -0.1) is 0 Å². The van der Waals surface area contributed by atoms with Gasteiger partial charge < -0.3 is 9.84 Å². The third-order valence-electron chi connectivity index (χ3n) is 3.20. The van der Waals surface area contributed by atoms with Crippen molar-refractivity contribution < 1.29 is 9.84 Å². The SMILES string of the molecule is CC.CC.COCC12CCCN1CC(O)C2. The molecule has 16 heavy (non-hydrogen) atoms. The Bertz CT molecular complexity index is 175. The van der Waals surface area contributed by atoms with Crippen LogP contribution in [-0.2, 0) is 4.74 Å². The number of fused-ring (bicyclic) bond motifs is 1. The second kappa shape index (κ2) is 8.04. The molecule has 2 aliphatic rings. The minimum Gasteiger partial charge on any atom is -0.392 e. The van der Waals surface area contributed by atoms with Crippen molar-refractivity contribution in [2.75, 3.05) is 26.8 Å². The van der Waals surface area contributed by atoms with Gasteiger partial charge in [0.05, 0.1) is 12.7 Å². The van der Waals surface area contributed by atoms with Crippen molar-refractivity contribution in [3.63, 3.8) is 0 Å². The summed E-state index contributed by atoms with van der Waals surface area (Å²) in [5, 5.41) is 9.53. The number of aliphatic hydroxyl groups excluding tert-OH is 1. The fourth-order valence-corrected chi connectivity index (χ4v) is 2.76. The van der Waals surface area contributed by atoms with Gasteiger partial charge in [0.2, 0.25) is 0 Å². The number of aliphatic hydroxyl groups is 1. The summed E-state index contributed by atoms with van der Waals surface area (Å²) in [6.07, 6.45) is 3.23. The summed E-state index contributed by atoms with van der Waals surface area (Å²) in [4.78, 5) is 2.39. The lowest BCUT2D eigenvalue weighted by Crippen LogP contribution is -2.42. The lowest BCUT2D eigenvalue weighted by Gasteiger charge is -2.30. The molecule has 0 saturated carbocycles. The molecular weight excluding hydrogens is 202 g/mol. The van der Waals surface area contributed by atoms with Crippen LogP contribution in [0.3, 0.4) is 0 Å². The number of nitrogens with zero attached hydrogens (tertiary/aromatic N) is 1. The van der Waals surface area contributed by atoms with Crippen LogP contribution in [0, 0.1) is 0 Å². The molecule has 2 heterocycles. The molecule has 98 valence electrons. The Labute approximate surface area is 101 Å². The molecule has 2 aliphatic heterocycles. The van der Waals surface area contributed by atoms with E-state index < -0.39 is 0 Å². The fraction of sp³-hybridized carbons (Fsp3) is 1.00. The van der Waals surface area contributed by atoms with Crippen molar-refractivity contribution in [3.05, 3.63) is 0 Å². The quantitative estimate of drug-likeness (QED) is 0.791. The molecule has 0 aromatic rings. The van der Waals surface area contributed by atoms with Gasteiger partial charge in [0.25, 0.3) is 0 Å². The molecule has 0 radical (unpaired) electrons. The van der Waals surface area contributed by atoms with Crippen LogP contribution in [0.1, 0.15) is 47.0 Å². The molecule has 0 aliphatic carbocycles. The molecule has 0 bridgehead atoms. The Hall–Kier alpha value is -0.120. The highest BCUT2D eigenvalue weighted by atomic mass is 16.5. The number of β-amino-alcohol motifs (C(OH)–C–C–N with tert-alkyl or cyclic N) is 1. The molecule has 2 fully saturated rings. The van der Waals surface area contributed by atoms with Crippen LogP contribution in [0.2, 0.25) is 0 Å². The van der Waals surface area contributed by atoms with Crippen molar-refractivity contribution in [2.45, 2.75) is 58.6 Å². The average molecular weight is 231 g/mol. The zero-order valence-electron chi connectivity index (χ0n) is 11.6. The van der Waals surface area contributed by atoms with E-state index in [2.05, 4.69) is 4.90 Å². The molecule has 3 heteroatoms. The lowest BCUT2D eigenvalue weighted by molar-refractivity contribution is 0.0646. The van der Waals surface area contributed by atoms with Gasteiger partial charge in [0, 0.05) is 19.2 Å². The Morgan fingerprint density at radius 1 is 1.31 bits per heavy atom. The zero-order valence-corrected chi connectivity index (χ0v) is 11.6. The molecular formula is C13H29NO2. The molecule has 0 spiro atoms. The van der Waals surface area contributed by atoms with Gasteiger partial charge in [-0.1, -0.05) is 27.7 Å². The first-order valence-electron chi connectivity index (χ1n) is 6.69. The minimum absolute atomic E-state index is 0.125. The smallest absolute Gasteiger partial charge is 0.0685 e. The molecule has 0 amide bonds. The van der Waals surface area contributed by atoms with E-state index in [9.17, 15) is 5.11 Å². The monoisotopic (exact) mass is 231 g/mol. The van der Waals surface area contributed by atoms with Gasteiger partial charge in [-0.3, -0.25) is 4.90 Å². The number of hydrogen-bond donors (Lipinski definition) is 1. The van der Waals surface area contributed by atoms with Crippen LogP contribution in [0.5, 0.6) is 0 Å². The van der Waals surface area contributed by atoms with E-state index in [4.69, 9.17) is 4.74 Å². The number of methoxy groups -OCH3 is 1. The minimum atomic E-state index is -0.125. The summed E-state index contributed by atoms with van der Waals surface area (Å²) in [7, 11) is 1.75. The highest BCUT2D eigenvalue weighted by Crippen LogP contribution is 2.38. The van der Waals surface area contributed by atoms with Crippen molar-refractivity contribution in [2.24, 2.45) is 0 Å². The summed E-state index contributed by atoms with van der Waals surface area (Å²) < 4.78 is 5.23. The summed E-state index contributed by atoms with van der Waals surface area (Å²) >= 11 is 0. The maximum atomic E-state index is 9.53. The number of ether oxygens (including phenoxy) is 1. The van der Waals surface area contributed by atoms with Gasteiger partial charge in [0.1, 0.15) is 0 Å². The Morgan fingerprint density at radius 3 is 2.50 bits per heavy atom. The van der Waals surface area contributed by atoms with Crippen molar-refractivity contribution >= 4 is 0 Å². The number of hydrogen-bond acceptors (Lipinski definition) is 3. The summed E-state index contributed by atoms with van der Waals surface area (Å²) in [6.45, 7) is 10.8. The van der Waals surface area contributed by atoms with Gasteiger partial charge in [0.15, 0.2) is 0 Å². The van der Waals surface area contributed by atoms with Crippen LogP contribution in [0.15, 0.2) is 0 Å². The molecule has 0 aromatic heterocycles. The van der Waals surface area contributed by atoms with E-state index in [1.54, 1.807) is 7.11 Å². The third kappa shape index (κ3) is 3.44. The summed E-state index contributed by atoms with van der Waals surface area (Å²) in [5.74, 6) is 0. The second-order valence-electron chi connectivity index (χ2n) is 4.06. The highest BCUT2D eigenvalue weighted by Gasteiger charge is 2.47. The normalized spacial score (nSPS) is 32.2. The molecule has 1 N–H and O–H groups in total. The Balaban J connectivity index is 0.000000509. The van der Waals surface area contributed by atoms with E-state index in [1.165, 1.54) is 12.8 Å². The van der Waals surface area contributed by atoms with E-state index in [0.717, 1.165) is 26.1 Å². The predicted octanol–water partition coefficient (Wildman–Crippen LogP) is 2.28. The van der Waals surface area contributed by atoms with Gasteiger partial charge in [-0.2, -0.15) is 0 Å². The van der Waals surface area contributed by atoms with Crippen LogP contribution in [-0.4, -0.2) is 48.5 Å². The first-order chi connectivity index (χ1) is 7.77. The van der Waals surface area contributed by atoms with E-state index in [1.807, 2.05) is 27.7 Å². The van der Waals surface area contributed by atoms with Crippen molar-refractivity contribution in [1.82, 2.24) is 4.90 Å². The standard InChI is InChI=1S/C9H17NO2.2C2H6/c1-12-7-9-3-2-4-10(9)6-8(11)5-9;2*1-2/h8,11H,2-7H2,1H3;2*1-2H3. The Morgan fingerprint density at radius 2 is 1.94 bits per heavy atom. The molecule has 2 atom stereocenters.